The lowest BCUT2D eigenvalue weighted by Crippen LogP contribution is -2.68. The number of aliphatic hydroxyl groups is 2. The number of likely N-dealkylation sites (tertiary alicyclic amines) is 1. The third-order valence-electron chi connectivity index (χ3n) is 4.45. The molecule has 0 spiro atoms. The third-order valence-corrected chi connectivity index (χ3v) is 4.45. The van der Waals surface area contributed by atoms with Gasteiger partial charge in [0.25, 0.3) is 0 Å². The second-order valence-corrected chi connectivity index (χ2v) is 5.62. The molecule has 4 nitrogen and oxygen atoms in total. The average Bonchev–Trinajstić information content (AvgIpc) is 2.39. The molecule has 4 heteroatoms. The van der Waals surface area contributed by atoms with E-state index in [1.807, 2.05) is 6.92 Å². The van der Waals surface area contributed by atoms with Gasteiger partial charge in [-0.2, -0.15) is 0 Å². The molecule has 2 fully saturated rings. The molecule has 3 unspecified atom stereocenters. The largest absolute Gasteiger partial charge is 0.396 e. The topological polar surface area (TPSA) is 55.7 Å². The molecule has 2 heterocycles. The minimum Gasteiger partial charge on any atom is -0.396 e. The van der Waals surface area contributed by atoms with Crippen LogP contribution in [0.4, 0.5) is 0 Å². The Morgan fingerprint density at radius 1 is 1.41 bits per heavy atom. The SMILES string of the molecule is CC(O)C1(N2CCCC(CO)C2)CCCCN1. The van der Waals surface area contributed by atoms with Crippen molar-refractivity contribution in [3.63, 3.8) is 0 Å². The monoisotopic (exact) mass is 242 g/mol. The Morgan fingerprint density at radius 3 is 2.82 bits per heavy atom. The van der Waals surface area contributed by atoms with Gasteiger partial charge < -0.3 is 10.2 Å². The van der Waals surface area contributed by atoms with Crippen molar-refractivity contribution in [2.45, 2.75) is 50.8 Å². The highest BCUT2D eigenvalue weighted by Gasteiger charge is 2.43. The summed E-state index contributed by atoms with van der Waals surface area (Å²) in [4.78, 5) is 2.38. The lowest BCUT2D eigenvalue weighted by atomic mass is 9.87. The lowest BCUT2D eigenvalue weighted by Gasteiger charge is -2.51. The van der Waals surface area contributed by atoms with Crippen LogP contribution in [0, 0.1) is 5.92 Å². The molecule has 2 aliphatic rings. The van der Waals surface area contributed by atoms with Crippen molar-refractivity contribution in [1.29, 1.82) is 0 Å². The first-order chi connectivity index (χ1) is 8.19. The average molecular weight is 242 g/mol. The van der Waals surface area contributed by atoms with Crippen LogP contribution in [0.1, 0.15) is 39.0 Å². The van der Waals surface area contributed by atoms with E-state index in [-0.39, 0.29) is 18.4 Å². The Hall–Kier alpha value is -0.160. The summed E-state index contributed by atoms with van der Waals surface area (Å²) in [6.07, 6.45) is 5.28. The molecule has 17 heavy (non-hydrogen) atoms. The van der Waals surface area contributed by atoms with E-state index in [2.05, 4.69) is 10.2 Å². The van der Waals surface area contributed by atoms with Gasteiger partial charge in [0.1, 0.15) is 0 Å². The molecule has 0 radical (unpaired) electrons. The number of nitrogens with zero attached hydrogens (tertiary/aromatic N) is 1. The zero-order chi connectivity index (χ0) is 12.3. The van der Waals surface area contributed by atoms with Crippen LogP contribution in [-0.2, 0) is 0 Å². The number of rotatable bonds is 3. The van der Waals surface area contributed by atoms with E-state index in [9.17, 15) is 10.2 Å². The molecule has 0 amide bonds. The zero-order valence-electron chi connectivity index (χ0n) is 10.9. The summed E-state index contributed by atoms with van der Waals surface area (Å²) in [6, 6.07) is 0. The van der Waals surface area contributed by atoms with E-state index in [1.54, 1.807) is 0 Å². The summed E-state index contributed by atoms with van der Waals surface area (Å²) in [5.74, 6) is 0.378. The van der Waals surface area contributed by atoms with E-state index in [0.717, 1.165) is 38.9 Å². The highest BCUT2D eigenvalue weighted by Crippen LogP contribution is 2.31. The predicted octanol–water partition coefficient (Wildman–Crippen LogP) is 0.541. The third kappa shape index (κ3) is 2.65. The van der Waals surface area contributed by atoms with Gasteiger partial charge in [0.15, 0.2) is 0 Å². The summed E-state index contributed by atoms with van der Waals surface area (Å²) < 4.78 is 0. The van der Waals surface area contributed by atoms with Crippen LogP contribution in [0.25, 0.3) is 0 Å². The van der Waals surface area contributed by atoms with Crippen molar-refractivity contribution in [2.24, 2.45) is 5.92 Å². The van der Waals surface area contributed by atoms with E-state index < -0.39 is 0 Å². The Morgan fingerprint density at radius 2 is 2.24 bits per heavy atom. The molecule has 100 valence electrons. The molecule has 3 N–H and O–H groups in total. The van der Waals surface area contributed by atoms with Crippen molar-refractivity contribution < 1.29 is 10.2 Å². The standard InChI is InChI=1S/C13H26N2O2/c1-11(17)13(6-2-3-7-14-13)15-8-4-5-12(9-15)10-16/h11-12,14,16-17H,2-10H2,1H3. The fraction of sp³-hybridized carbons (Fsp3) is 1.00. The Labute approximate surface area is 104 Å². The Bertz CT molecular complexity index is 240. The van der Waals surface area contributed by atoms with Crippen LogP contribution in [-0.4, -0.2) is 53.1 Å². The number of piperidine rings is 2. The molecular formula is C13H26N2O2. The molecule has 3 atom stereocenters. The molecular weight excluding hydrogens is 216 g/mol. The number of nitrogens with one attached hydrogen (secondary N) is 1. The second-order valence-electron chi connectivity index (χ2n) is 5.62. The minimum absolute atomic E-state index is 0.244. The van der Waals surface area contributed by atoms with Gasteiger partial charge in [-0.3, -0.25) is 10.2 Å². The van der Waals surface area contributed by atoms with Crippen molar-refractivity contribution in [3.8, 4) is 0 Å². The van der Waals surface area contributed by atoms with Gasteiger partial charge in [0, 0.05) is 13.2 Å². The maximum atomic E-state index is 10.2. The Kier molecular flexibility index (Phi) is 4.42. The lowest BCUT2D eigenvalue weighted by molar-refractivity contribution is -0.0838. The quantitative estimate of drug-likeness (QED) is 0.676. The fourth-order valence-electron chi connectivity index (χ4n) is 3.38. The molecule has 0 saturated carbocycles. The highest BCUT2D eigenvalue weighted by atomic mass is 16.3. The van der Waals surface area contributed by atoms with E-state index >= 15 is 0 Å². The van der Waals surface area contributed by atoms with Gasteiger partial charge in [0.2, 0.25) is 0 Å². The van der Waals surface area contributed by atoms with Crippen LogP contribution < -0.4 is 5.32 Å². The van der Waals surface area contributed by atoms with Crippen LogP contribution >= 0.6 is 0 Å². The van der Waals surface area contributed by atoms with Gasteiger partial charge in [-0.05, 0) is 58.0 Å². The highest BCUT2D eigenvalue weighted by molar-refractivity contribution is 4.97. The van der Waals surface area contributed by atoms with Gasteiger partial charge in [0.05, 0.1) is 11.8 Å². The minimum atomic E-state index is -0.361. The van der Waals surface area contributed by atoms with Crippen LogP contribution in [0.15, 0.2) is 0 Å². The summed E-state index contributed by atoms with van der Waals surface area (Å²) >= 11 is 0. The van der Waals surface area contributed by atoms with Gasteiger partial charge in [-0.15, -0.1) is 0 Å². The first kappa shape index (κ1) is 13.3. The van der Waals surface area contributed by atoms with Crippen molar-refractivity contribution in [1.82, 2.24) is 10.2 Å². The molecule has 0 aromatic rings. The second kappa shape index (κ2) is 5.65. The number of aliphatic hydroxyl groups excluding tert-OH is 2. The summed E-state index contributed by atoms with van der Waals surface area (Å²) in [5.41, 5.74) is -0.244. The van der Waals surface area contributed by atoms with Gasteiger partial charge in [-0.25, -0.2) is 0 Å². The van der Waals surface area contributed by atoms with Crippen LogP contribution in [0.5, 0.6) is 0 Å². The fourth-order valence-corrected chi connectivity index (χ4v) is 3.38. The zero-order valence-corrected chi connectivity index (χ0v) is 10.9. The normalized spacial score (nSPS) is 37.9. The molecule has 0 aromatic heterocycles. The summed E-state index contributed by atoms with van der Waals surface area (Å²) in [6.45, 7) is 5.10. The van der Waals surface area contributed by atoms with Crippen molar-refractivity contribution >= 4 is 0 Å². The van der Waals surface area contributed by atoms with Gasteiger partial charge in [-0.1, -0.05) is 0 Å². The van der Waals surface area contributed by atoms with Crippen LogP contribution in [0.2, 0.25) is 0 Å². The first-order valence-corrected chi connectivity index (χ1v) is 6.98. The Balaban J connectivity index is 2.09. The molecule has 0 bridgehead atoms. The molecule has 2 saturated heterocycles. The predicted molar refractivity (Wildman–Crippen MR) is 67.6 cm³/mol. The van der Waals surface area contributed by atoms with E-state index in [1.165, 1.54) is 12.8 Å². The summed E-state index contributed by atoms with van der Waals surface area (Å²) in [7, 11) is 0. The number of hydrogen-bond donors (Lipinski definition) is 3. The molecule has 0 aliphatic carbocycles. The summed E-state index contributed by atoms with van der Waals surface area (Å²) in [5, 5.41) is 23.0. The van der Waals surface area contributed by atoms with E-state index in [4.69, 9.17) is 0 Å². The first-order valence-electron chi connectivity index (χ1n) is 6.98. The van der Waals surface area contributed by atoms with E-state index in [0.29, 0.717) is 5.92 Å². The van der Waals surface area contributed by atoms with Crippen molar-refractivity contribution in [3.05, 3.63) is 0 Å². The number of hydrogen-bond acceptors (Lipinski definition) is 4. The molecule has 2 rings (SSSR count). The molecule has 0 aromatic carbocycles. The maximum Gasteiger partial charge on any atom is 0.0976 e. The molecule has 2 aliphatic heterocycles. The smallest absolute Gasteiger partial charge is 0.0976 e. The van der Waals surface area contributed by atoms with Crippen LogP contribution in [0.3, 0.4) is 0 Å². The maximum absolute atomic E-state index is 10.2. The van der Waals surface area contributed by atoms with Gasteiger partial charge >= 0.3 is 0 Å². The van der Waals surface area contributed by atoms with Crippen molar-refractivity contribution in [2.75, 3.05) is 26.2 Å².